The largest absolute Gasteiger partial charge is 0.462 e. The third-order valence-electron chi connectivity index (χ3n) is 12.0. The van der Waals surface area contributed by atoms with Gasteiger partial charge in [-0.15, -0.1) is 0 Å². The molecule has 5 heteroatoms. The van der Waals surface area contributed by atoms with Crippen LogP contribution in [0.2, 0.25) is 0 Å². The summed E-state index contributed by atoms with van der Waals surface area (Å²) in [4.78, 5) is 34.9. The number of hydrogen-bond acceptors (Lipinski definition) is 5. The van der Waals surface area contributed by atoms with Crippen LogP contribution in [-0.4, -0.2) is 30.4 Å². The first-order valence-electron chi connectivity index (χ1n) is 14.4. The predicted octanol–water partition coefficient (Wildman–Crippen LogP) is 6.54. The first kappa shape index (κ1) is 27.4. The first-order valence-corrected chi connectivity index (χ1v) is 14.4. The minimum Gasteiger partial charge on any atom is -0.462 e. The molecule has 4 rings (SSSR count). The van der Waals surface area contributed by atoms with Crippen molar-refractivity contribution < 1.29 is 23.9 Å². The van der Waals surface area contributed by atoms with Gasteiger partial charge in [0.25, 0.3) is 12.9 Å². The van der Waals surface area contributed by atoms with Crippen LogP contribution in [0.25, 0.3) is 0 Å². The van der Waals surface area contributed by atoms with E-state index in [9.17, 15) is 14.4 Å². The van der Waals surface area contributed by atoms with Gasteiger partial charge in [-0.05, 0) is 110 Å². The molecule has 0 spiro atoms. The van der Waals surface area contributed by atoms with Crippen molar-refractivity contribution in [3.05, 3.63) is 11.6 Å². The van der Waals surface area contributed by atoms with Gasteiger partial charge in [-0.3, -0.25) is 14.4 Å². The van der Waals surface area contributed by atoms with Crippen molar-refractivity contribution in [2.24, 2.45) is 52.3 Å². The minimum absolute atomic E-state index is 0.0522. The molecule has 3 fully saturated rings. The van der Waals surface area contributed by atoms with Gasteiger partial charge in [0, 0.05) is 12.3 Å². The van der Waals surface area contributed by atoms with Gasteiger partial charge in [0.05, 0.1) is 0 Å². The van der Waals surface area contributed by atoms with Gasteiger partial charge in [0.15, 0.2) is 5.78 Å². The minimum atomic E-state index is -0.436. The zero-order chi connectivity index (χ0) is 26.5. The van der Waals surface area contributed by atoms with Crippen molar-refractivity contribution in [3.8, 4) is 0 Å². The van der Waals surface area contributed by atoms with Gasteiger partial charge in [0.2, 0.25) is 0 Å². The maximum atomic E-state index is 12.4. The standard InChI is InChI=1S/C31H48O5/c1-19(8-9-20(2)29(4,5)36-18-33)23-10-11-24-27-21(3)28(35-17-32)26-16-22(34)12-14-31(26,7)25(27)13-15-30(23,24)6/h16-21,23-25,27-28H,8-15H2,1-7H3/t19-,20?,21?,23-,24+,25+,27+,28?,30-,31-/m1/s1. The summed E-state index contributed by atoms with van der Waals surface area (Å²) in [5.74, 6) is 3.70. The van der Waals surface area contributed by atoms with E-state index in [2.05, 4.69) is 34.6 Å². The molecule has 0 aliphatic heterocycles. The van der Waals surface area contributed by atoms with Crippen molar-refractivity contribution in [3.63, 3.8) is 0 Å². The summed E-state index contributed by atoms with van der Waals surface area (Å²) >= 11 is 0. The second-order valence-electron chi connectivity index (χ2n) is 13.8. The topological polar surface area (TPSA) is 69.7 Å². The SMILES string of the molecule is CC1C(OC=O)C2=CC(=O)CC[C@]2(C)[C@H]2CC[C@]3(C)[C@@H]([C@H](C)CCC(C)C(C)(C)OC=O)CC[C@H]3[C@H]12. The van der Waals surface area contributed by atoms with E-state index in [1.165, 1.54) is 25.7 Å². The van der Waals surface area contributed by atoms with Crippen LogP contribution in [0.3, 0.4) is 0 Å². The lowest BCUT2D eigenvalue weighted by molar-refractivity contribution is -0.151. The van der Waals surface area contributed by atoms with E-state index in [1.807, 2.05) is 19.9 Å². The Morgan fingerprint density at radius 1 is 1.06 bits per heavy atom. The molecule has 3 saturated carbocycles. The highest BCUT2D eigenvalue weighted by Crippen LogP contribution is 2.69. The summed E-state index contributed by atoms with van der Waals surface area (Å²) in [6.45, 7) is 17.0. The second kappa shape index (κ2) is 9.91. The monoisotopic (exact) mass is 500 g/mol. The highest BCUT2D eigenvalue weighted by atomic mass is 16.5. The Morgan fingerprint density at radius 2 is 1.78 bits per heavy atom. The number of ketones is 1. The molecule has 0 saturated heterocycles. The Balaban J connectivity index is 1.55. The third-order valence-corrected chi connectivity index (χ3v) is 12.0. The van der Waals surface area contributed by atoms with Crippen molar-refractivity contribution in [2.45, 2.75) is 112 Å². The quantitative estimate of drug-likeness (QED) is 0.336. The van der Waals surface area contributed by atoms with Crippen LogP contribution in [-0.2, 0) is 23.9 Å². The lowest BCUT2D eigenvalue weighted by atomic mass is 9.43. The maximum absolute atomic E-state index is 12.4. The van der Waals surface area contributed by atoms with Crippen LogP contribution in [0.5, 0.6) is 0 Å². The molecular formula is C31H48O5. The summed E-state index contributed by atoms with van der Waals surface area (Å²) in [5, 5.41) is 0. The molecule has 0 bridgehead atoms. The fourth-order valence-electron chi connectivity index (χ4n) is 9.43. The Hall–Kier alpha value is -1.65. The van der Waals surface area contributed by atoms with Crippen LogP contribution in [0.1, 0.15) is 99.8 Å². The van der Waals surface area contributed by atoms with E-state index in [1.54, 1.807) is 0 Å². The van der Waals surface area contributed by atoms with Gasteiger partial charge in [-0.1, -0.05) is 41.0 Å². The highest BCUT2D eigenvalue weighted by molar-refractivity contribution is 5.92. The Morgan fingerprint density at radius 3 is 2.44 bits per heavy atom. The van der Waals surface area contributed by atoms with Crippen molar-refractivity contribution in [1.82, 2.24) is 0 Å². The second-order valence-corrected chi connectivity index (χ2v) is 13.8. The van der Waals surface area contributed by atoms with E-state index >= 15 is 0 Å². The van der Waals surface area contributed by atoms with Gasteiger partial charge in [0.1, 0.15) is 11.7 Å². The Labute approximate surface area is 218 Å². The number of carbonyl (C=O) groups excluding carboxylic acids is 3. The van der Waals surface area contributed by atoms with Crippen LogP contribution in [0, 0.1) is 52.3 Å². The van der Waals surface area contributed by atoms with Gasteiger partial charge in [-0.2, -0.15) is 0 Å². The van der Waals surface area contributed by atoms with Crippen LogP contribution < -0.4 is 0 Å². The molecule has 0 radical (unpaired) electrons. The molecule has 0 N–H and O–H groups in total. The van der Waals surface area contributed by atoms with Gasteiger partial charge < -0.3 is 9.47 Å². The fraction of sp³-hybridized carbons (Fsp3) is 0.839. The van der Waals surface area contributed by atoms with E-state index in [0.717, 1.165) is 24.8 Å². The van der Waals surface area contributed by atoms with Crippen molar-refractivity contribution in [2.75, 3.05) is 0 Å². The average Bonchev–Trinajstić information content (AvgIpc) is 3.18. The van der Waals surface area contributed by atoms with Crippen LogP contribution >= 0.6 is 0 Å². The summed E-state index contributed by atoms with van der Waals surface area (Å²) in [6.07, 6.45) is 10.2. The zero-order valence-electron chi connectivity index (χ0n) is 23.5. The van der Waals surface area contributed by atoms with Crippen LogP contribution in [0.15, 0.2) is 11.6 Å². The maximum Gasteiger partial charge on any atom is 0.293 e. The molecule has 0 amide bonds. The zero-order valence-corrected chi connectivity index (χ0v) is 23.5. The number of rotatable bonds is 9. The number of ether oxygens (including phenoxy) is 2. The summed E-state index contributed by atoms with van der Waals surface area (Å²) in [7, 11) is 0. The van der Waals surface area contributed by atoms with E-state index < -0.39 is 5.60 Å². The van der Waals surface area contributed by atoms with Gasteiger partial charge in [-0.25, -0.2) is 0 Å². The normalized spacial score (nSPS) is 41.8. The summed E-state index contributed by atoms with van der Waals surface area (Å²) in [5.41, 5.74) is 0.888. The van der Waals surface area contributed by atoms with Crippen molar-refractivity contribution in [1.29, 1.82) is 0 Å². The summed E-state index contributed by atoms with van der Waals surface area (Å²) < 4.78 is 11.1. The molecule has 36 heavy (non-hydrogen) atoms. The molecule has 202 valence electrons. The molecule has 5 nitrogen and oxygen atoms in total. The molecule has 0 heterocycles. The van der Waals surface area contributed by atoms with E-state index in [-0.39, 0.29) is 23.2 Å². The third kappa shape index (κ3) is 4.36. The molecule has 4 aliphatic rings. The fourth-order valence-corrected chi connectivity index (χ4v) is 9.43. The first-order chi connectivity index (χ1) is 16.9. The molecule has 10 atom stereocenters. The summed E-state index contributed by atoms with van der Waals surface area (Å²) in [6, 6.07) is 0. The number of hydrogen-bond donors (Lipinski definition) is 0. The lowest BCUT2D eigenvalue weighted by Crippen LogP contribution is -2.58. The Bertz CT molecular complexity index is 891. The van der Waals surface area contributed by atoms with E-state index in [4.69, 9.17) is 9.47 Å². The molecular weight excluding hydrogens is 452 g/mol. The molecule has 4 aliphatic carbocycles. The predicted molar refractivity (Wildman–Crippen MR) is 140 cm³/mol. The average molecular weight is 501 g/mol. The van der Waals surface area contributed by atoms with Crippen molar-refractivity contribution >= 4 is 18.7 Å². The lowest BCUT2D eigenvalue weighted by Gasteiger charge is -2.61. The Kier molecular flexibility index (Phi) is 7.54. The molecule has 0 aromatic rings. The number of fused-ring (bicyclic) bond motifs is 5. The smallest absolute Gasteiger partial charge is 0.293 e. The molecule has 0 aromatic carbocycles. The molecule has 0 aromatic heterocycles. The number of carbonyl (C=O) groups is 3. The van der Waals surface area contributed by atoms with Gasteiger partial charge >= 0.3 is 0 Å². The highest BCUT2D eigenvalue weighted by Gasteiger charge is 2.63. The van der Waals surface area contributed by atoms with E-state index in [0.29, 0.717) is 60.3 Å². The van der Waals surface area contributed by atoms with Crippen LogP contribution in [0.4, 0.5) is 0 Å². The molecule has 3 unspecified atom stereocenters.